The van der Waals surface area contributed by atoms with Crippen LogP contribution in [0.25, 0.3) is 11.4 Å². The molecule has 5 nitrogen and oxygen atoms in total. The standard InChI is InChI=1S/C11H10Cl2IN3O2S/c1-6(2)17-10(15-16-11(17)20(13,18)19)8-5-7(12)3-4-9(8)14/h3-6H,1-2H3. The molecule has 1 aromatic carbocycles. The third-order valence-corrected chi connectivity index (χ3v) is 4.87. The second-order valence-corrected chi connectivity index (χ2v) is 8.39. The van der Waals surface area contributed by atoms with Crippen LogP contribution in [0.3, 0.4) is 0 Å². The first kappa shape index (κ1) is 16.0. The van der Waals surface area contributed by atoms with Crippen molar-refractivity contribution in [3.05, 3.63) is 26.8 Å². The van der Waals surface area contributed by atoms with E-state index in [9.17, 15) is 8.42 Å². The molecular formula is C11H10Cl2IN3O2S. The second-order valence-electron chi connectivity index (χ2n) is 4.33. The highest BCUT2D eigenvalue weighted by Gasteiger charge is 2.25. The van der Waals surface area contributed by atoms with Crippen LogP contribution in [0.1, 0.15) is 19.9 Å². The molecule has 0 spiro atoms. The van der Waals surface area contributed by atoms with Crippen LogP contribution in [0.15, 0.2) is 23.4 Å². The Kier molecular flexibility index (Phi) is 4.63. The van der Waals surface area contributed by atoms with Gasteiger partial charge >= 0.3 is 0 Å². The molecule has 0 aliphatic heterocycles. The molecule has 1 aromatic heterocycles. The summed E-state index contributed by atoms with van der Waals surface area (Å²) in [6.45, 7) is 3.66. The fraction of sp³-hybridized carbons (Fsp3) is 0.273. The average molecular weight is 446 g/mol. The van der Waals surface area contributed by atoms with Crippen molar-refractivity contribution >= 4 is 53.9 Å². The van der Waals surface area contributed by atoms with Crippen molar-refractivity contribution in [3.63, 3.8) is 0 Å². The summed E-state index contributed by atoms with van der Waals surface area (Å²) in [5.74, 6) is 0.422. The molecular weight excluding hydrogens is 436 g/mol. The van der Waals surface area contributed by atoms with E-state index in [0.29, 0.717) is 16.4 Å². The van der Waals surface area contributed by atoms with E-state index in [1.165, 1.54) is 4.57 Å². The molecule has 0 unspecified atom stereocenters. The number of nitrogens with zero attached hydrogens (tertiary/aromatic N) is 3. The zero-order valence-electron chi connectivity index (χ0n) is 10.5. The van der Waals surface area contributed by atoms with Gasteiger partial charge < -0.3 is 0 Å². The molecule has 1 heterocycles. The van der Waals surface area contributed by atoms with Crippen molar-refractivity contribution < 1.29 is 8.42 Å². The molecule has 0 amide bonds. The number of aromatic nitrogens is 3. The van der Waals surface area contributed by atoms with Gasteiger partial charge in [-0.15, -0.1) is 10.2 Å². The van der Waals surface area contributed by atoms with Gasteiger partial charge in [-0.3, -0.25) is 4.57 Å². The van der Waals surface area contributed by atoms with Gasteiger partial charge in [-0.2, -0.15) is 0 Å². The number of benzene rings is 1. The van der Waals surface area contributed by atoms with Crippen molar-refractivity contribution in [1.29, 1.82) is 0 Å². The maximum Gasteiger partial charge on any atom is 0.296 e. The highest BCUT2D eigenvalue weighted by molar-refractivity contribution is 14.1. The number of hydrogen-bond acceptors (Lipinski definition) is 4. The summed E-state index contributed by atoms with van der Waals surface area (Å²) in [5, 5.41) is 7.94. The lowest BCUT2D eigenvalue weighted by Crippen LogP contribution is -2.10. The Balaban J connectivity index is 2.76. The zero-order valence-corrected chi connectivity index (χ0v) is 15.0. The smallest absolute Gasteiger partial charge is 0.294 e. The summed E-state index contributed by atoms with van der Waals surface area (Å²) in [4.78, 5) is 0. The molecule has 0 aliphatic rings. The van der Waals surface area contributed by atoms with Gasteiger partial charge in [0.2, 0.25) is 0 Å². The fourth-order valence-corrected chi connectivity index (χ4v) is 3.50. The highest BCUT2D eigenvalue weighted by Crippen LogP contribution is 2.31. The lowest BCUT2D eigenvalue weighted by molar-refractivity contribution is 0.530. The molecule has 0 fully saturated rings. The van der Waals surface area contributed by atoms with Crippen molar-refractivity contribution in [1.82, 2.24) is 14.8 Å². The molecule has 2 rings (SSSR count). The van der Waals surface area contributed by atoms with Crippen LogP contribution in [0.2, 0.25) is 5.02 Å². The first-order valence-corrected chi connectivity index (χ1v) is 9.33. The number of halogens is 3. The summed E-state index contributed by atoms with van der Waals surface area (Å²) in [5.41, 5.74) is 0.714. The van der Waals surface area contributed by atoms with Crippen LogP contribution in [0.4, 0.5) is 0 Å². The first-order valence-electron chi connectivity index (χ1n) is 5.57. The first-order chi connectivity index (χ1) is 9.21. The third kappa shape index (κ3) is 3.10. The van der Waals surface area contributed by atoms with Gasteiger partial charge in [-0.05, 0) is 54.6 Å². The van der Waals surface area contributed by atoms with Crippen LogP contribution >= 0.6 is 44.9 Å². The van der Waals surface area contributed by atoms with Crippen LogP contribution in [-0.4, -0.2) is 23.2 Å². The molecule has 0 atom stereocenters. The van der Waals surface area contributed by atoms with Gasteiger partial charge in [0.1, 0.15) is 0 Å². The third-order valence-electron chi connectivity index (χ3n) is 2.57. The second kappa shape index (κ2) is 5.78. The van der Waals surface area contributed by atoms with E-state index in [0.717, 1.165) is 3.57 Å². The number of hydrogen-bond donors (Lipinski definition) is 0. The van der Waals surface area contributed by atoms with Crippen molar-refractivity contribution in [3.8, 4) is 11.4 Å². The molecule has 108 valence electrons. The Morgan fingerprint density at radius 1 is 1.30 bits per heavy atom. The predicted octanol–water partition coefficient (Wildman–Crippen LogP) is 3.71. The largest absolute Gasteiger partial charge is 0.296 e. The minimum atomic E-state index is -3.96. The fourth-order valence-electron chi connectivity index (χ4n) is 1.76. The van der Waals surface area contributed by atoms with E-state index in [-0.39, 0.29) is 11.2 Å². The molecule has 20 heavy (non-hydrogen) atoms. The van der Waals surface area contributed by atoms with Gasteiger partial charge in [-0.1, -0.05) is 11.6 Å². The van der Waals surface area contributed by atoms with E-state index < -0.39 is 9.05 Å². The summed E-state index contributed by atoms with van der Waals surface area (Å²) in [6.07, 6.45) is 0. The Labute approximate surface area is 139 Å². The zero-order chi connectivity index (χ0) is 15.1. The Morgan fingerprint density at radius 3 is 2.50 bits per heavy atom. The monoisotopic (exact) mass is 445 g/mol. The summed E-state index contributed by atoms with van der Waals surface area (Å²) in [6, 6.07) is 5.13. The van der Waals surface area contributed by atoms with Crippen LogP contribution in [0, 0.1) is 3.57 Å². The van der Waals surface area contributed by atoms with Crippen molar-refractivity contribution in [2.24, 2.45) is 0 Å². The minimum absolute atomic E-state index is 0.168. The van der Waals surface area contributed by atoms with E-state index >= 15 is 0 Å². The van der Waals surface area contributed by atoms with Gasteiger partial charge in [0.05, 0.1) is 0 Å². The Hall–Kier alpha value is -0.380. The molecule has 0 bridgehead atoms. The van der Waals surface area contributed by atoms with Crippen molar-refractivity contribution in [2.75, 3.05) is 0 Å². The molecule has 9 heteroatoms. The maximum atomic E-state index is 11.6. The molecule has 0 saturated carbocycles. The average Bonchev–Trinajstić information content (AvgIpc) is 2.76. The van der Waals surface area contributed by atoms with E-state index in [1.807, 2.05) is 19.9 Å². The highest BCUT2D eigenvalue weighted by atomic mass is 127. The molecule has 0 saturated heterocycles. The SMILES string of the molecule is CC(C)n1c(-c2cc(Cl)ccc2I)nnc1S(=O)(=O)Cl. The quantitative estimate of drug-likeness (QED) is 0.533. The predicted molar refractivity (Wildman–Crippen MR) is 86.6 cm³/mol. The number of rotatable bonds is 3. The lowest BCUT2D eigenvalue weighted by Gasteiger charge is -2.13. The summed E-state index contributed by atoms with van der Waals surface area (Å²) >= 11 is 8.12. The van der Waals surface area contributed by atoms with Crippen LogP contribution in [0.5, 0.6) is 0 Å². The van der Waals surface area contributed by atoms with Crippen LogP contribution < -0.4 is 0 Å². The summed E-state index contributed by atoms with van der Waals surface area (Å²) in [7, 11) is 1.44. The molecule has 0 N–H and O–H groups in total. The topological polar surface area (TPSA) is 64.8 Å². The van der Waals surface area contributed by atoms with E-state index in [2.05, 4.69) is 32.8 Å². The maximum absolute atomic E-state index is 11.6. The Morgan fingerprint density at radius 2 is 1.95 bits per heavy atom. The van der Waals surface area contributed by atoms with Crippen molar-refractivity contribution in [2.45, 2.75) is 25.0 Å². The van der Waals surface area contributed by atoms with Gasteiger partial charge in [0, 0.05) is 30.9 Å². The Bertz CT molecular complexity index is 759. The van der Waals surface area contributed by atoms with E-state index in [4.69, 9.17) is 22.3 Å². The molecule has 2 aromatic rings. The van der Waals surface area contributed by atoms with Crippen LogP contribution in [-0.2, 0) is 9.05 Å². The van der Waals surface area contributed by atoms with Gasteiger partial charge in [0.15, 0.2) is 5.82 Å². The minimum Gasteiger partial charge on any atom is -0.294 e. The molecule has 0 aliphatic carbocycles. The van der Waals surface area contributed by atoms with Gasteiger partial charge in [0.25, 0.3) is 14.2 Å². The summed E-state index contributed by atoms with van der Waals surface area (Å²) < 4.78 is 25.5. The van der Waals surface area contributed by atoms with Gasteiger partial charge in [-0.25, -0.2) is 8.42 Å². The molecule has 0 radical (unpaired) electrons. The lowest BCUT2D eigenvalue weighted by atomic mass is 10.2. The normalized spacial score (nSPS) is 12.1. The van der Waals surface area contributed by atoms with E-state index in [1.54, 1.807) is 12.1 Å².